The molecular weight excluding hydrogens is 484 g/mol. The fourth-order valence-electron chi connectivity index (χ4n) is 3.10. The summed E-state index contributed by atoms with van der Waals surface area (Å²) in [7, 11) is -4.02. The number of aryl methyl sites for hydroxylation is 1. The van der Waals surface area contributed by atoms with E-state index in [1.54, 1.807) is 49.4 Å². The molecule has 3 aromatic carbocycles. The maximum Gasteiger partial charge on any atom is 0.285 e. The van der Waals surface area contributed by atoms with Gasteiger partial charge in [-0.05, 0) is 60.6 Å². The summed E-state index contributed by atoms with van der Waals surface area (Å²) in [5.74, 6) is -1.13. The molecule has 1 aliphatic rings. The average molecular weight is 501 g/mol. The van der Waals surface area contributed by atoms with Crippen LogP contribution in [0.2, 0.25) is 5.02 Å². The fraction of sp³-hybridized carbons (Fsp3) is 0.0455. The van der Waals surface area contributed by atoms with Crippen LogP contribution in [0.3, 0.4) is 0 Å². The van der Waals surface area contributed by atoms with E-state index in [9.17, 15) is 18.0 Å². The summed E-state index contributed by atoms with van der Waals surface area (Å²) in [6, 6.07) is 15.8. The summed E-state index contributed by atoms with van der Waals surface area (Å²) >= 11 is 7.11. The lowest BCUT2D eigenvalue weighted by molar-refractivity contribution is 0.0979. The van der Waals surface area contributed by atoms with E-state index in [4.69, 9.17) is 17.3 Å². The number of carbonyl (C=O) groups excluding carboxylic acids is 2. The van der Waals surface area contributed by atoms with Crippen LogP contribution in [0, 0.1) is 6.92 Å². The second-order valence-electron chi connectivity index (χ2n) is 7.06. The Bertz CT molecular complexity index is 1440. The molecule has 0 fully saturated rings. The van der Waals surface area contributed by atoms with Crippen LogP contribution >= 0.6 is 23.4 Å². The second kappa shape index (κ2) is 8.89. The molecule has 0 aromatic heterocycles. The maximum absolute atomic E-state index is 13.0. The van der Waals surface area contributed by atoms with Crippen molar-refractivity contribution in [2.75, 3.05) is 11.1 Å². The van der Waals surface area contributed by atoms with Gasteiger partial charge < -0.3 is 16.4 Å². The molecule has 8 nitrogen and oxygen atoms in total. The highest BCUT2D eigenvalue weighted by Gasteiger charge is 2.28. The number of amidine groups is 1. The maximum atomic E-state index is 13.0. The molecule has 0 saturated carbocycles. The number of hydrogen-bond acceptors (Lipinski definition) is 6. The highest BCUT2D eigenvalue weighted by molar-refractivity contribution is 8.15. The Balaban J connectivity index is 1.59. The summed E-state index contributed by atoms with van der Waals surface area (Å²) in [5, 5.41) is 5.45. The molecule has 2 amide bonds. The molecule has 1 aliphatic heterocycles. The Hall–Kier alpha value is -3.34. The molecule has 168 valence electrons. The van der Waals surface area contributed by atoms with Gasteiger partial charge in [-0.1, -0.05) is 35.9 Å². The van der Waals surface area contributed by atoms with Crippen molar-refractivity contribution in [2.24, 2.45) is 4.40 Å². The van der Waals surface area contributed by atoms with Gasteiger partial charge in [0.15, 0.2) is 5.17 Å². The predicted octanol–water partition coefficient (Wildman–Crippen LogP) is 4.06. The minimum absolute atomic E-state index is 0.0283. The van der Waals surface area contributed by atoms with E-state index >= 15 is 0 Å². The third-order valence-corrected chi connectivity index (χ3v) is 7.67. The van der Waals surface area contributed by atoms with E-state index < -0.39 is 21.8 Å². The molecule has 11 heteroatoms. The highest BCUT2D eigenvalue weighted by Crippen LogP contribution is 2.37. The van der Waals surface area contributed by atoms with Gasteiger partial charge in [-0.3, -0.25) is 9.59 Å². The molecular formula is C22H17ClN4O4S2. The van der Waals surface area contributed by atoms with Gasteiger partial charge in [0, 0.05) is 15.6 Å². The van der Waals surface area contributed by atoms with Gasteiger partial charge in [0.2, 0.25) is 0 Å². The van der Waals surface area contributed by atoms with Crippen LogP contribution in [0.4, 0.5) is 11.4 Å². The van der Waals surface area contributed by atoms with Gasteiger partial charge in [0.1, 0.15) is 4.90 Å². The zero-order valence-corrected chi connectivity index (χ0v) is 19.5. The molecule has 0 unspecified atom stereocenters. The van der Waals surface area contributed by atoms with Gasteiger partial charge in [-0.25, -0.2) is 0 Å². The lowest BCUT2D eigenvalue weighted by Gasteiger charge is -2.18. The van der Waals surface area contributed by atoms with Crippen molar-refractivity contribution in [2.45, 2.75) is 16.7 Å². The highest BCUT2D eigenvalue weighted by atomic mass is 35.5. The summed E-state index contributed by atoms with van der Waals surface area (Å²) in [6.45, 7) is 1.69. The number of hydrogen-bond donors (Lipinski definition) is 3. The molecule has 3 aromatic rings. The lowest BCUT2D eigenvalue weighted by atomic mass is 10.1. The van der Waals surface area contributed by atoms with Crippen molar-refractivity contribution in [3.63, 3.8) is 0 Å². The third-order valence-electron chi connectivity index (χ3n) is 4.76. The van der Waals surface area contributed by atoms with E-state index in [0.717, 1.165) is 11.8 Å². The molecule has 1 heterocycles. The van der Waals surface area contributed by atoms with Crippen molar-refractivity contribution in [1.82, 2.24) is 5.32 Å². The van der Waals surface area contributed by atoms with E-state index in [2.05, 4.69) is 15.0 Å². The van der Waals surface area contributed by atoms with Gasteiger partial charge in [-0.2, -0.15) is 8.42 Å². The minimum atomic E-state index is -4.02. The van der Waals surface area contributed by atoms with Crippen LogP contribution in [0.15, 0.2) is 74.9 Å². The standard InChI is InChI=1S/C22H17ClN4O4S2/c1-12-10-19-18(11-15(12)23)32-22(27-33(19,30)31)26-21(29)14-7-3-5-9-17(14)25-20(28)13-6-2-4-8-16(13)24/h2-11H,24H2,1H3,(H,25,28)(H,26,27,29). The van der Waals surface area contributed by atoms with Crippen LogP contribution < -0.4 is 16.4 Å². The SMILES string of the molecule is Cc1cc2c(cc1Cl)SC(NC(=O)c1ccccc1NC(=O)c1ccccc1N)=NS2(=O)=O. The fourth-order valence-corrected chi connectivity index (χ4v) is 5.90. The third kappa shape index (κ3) is 4.72. The number of thioether (sulfide) groups is 1. The zero-order valence-electron chi connectivity index (χ0n) is 17.1. The molecule has 33 heavy (non-hydrogen) atoms. The van der Waals surface area contributed by atoms with E-state index in [-0.39, 0.29) is 26.9 Å². The number of anilines is 2. The number of fused-ring (bicyclic) bond motifs is 1. The number of rotatable bonds is 3. The topological polar surface area (TPSA) is 131 Å². The summed E-state index contributed by atoms with van der Waals surface area (Å²) in [6.07, 6.45) is 0. The molecule has 0 bridgehead atoms. The van der Waals surface area contributed by atoms with Crippen LogP contribution in [0.5, 0.6) is 0 Å². The average Bonchev–Trinajstić information content (AvgIpc) is 2.75. The van der Waals surface area contributed by atoms with Gasteiger partial charge >= 0.3 is 0 Å². The first kappa shape index (κ1) is 22.8. The number of carbonyl (C=O) groups is 2. The summed E-state index contributed by atoms with van der Waals surface area (Å²) < 4.78 is 28.9. The quantitative estimate of drug-likeness (QED) is 0.465. The number of benzene rings is 3. The number of sulfonamides is 1. The van der Waals surface area contributed by atoms with Crippen molar-refractivity contribution >= 4 is 61.7 Å². The molecule has 4 rings (SSSR count). The zero-order chi connectivity index (χ0) is 23.8. The van der Waals surface area contributed by atoms with Crippen molar-refractivity contribution in [1.29, 1.82) is 0 Å². The Morgan fingerprint density at radius 3 is 2.33 bits per heavy atom. The van der Waals surface area contributed by atoms with E-state index in [0.29, 0.717) is 21.2 Å². The van der Waals surface area contributed by atoms with Crippen molar-refractivity contribution < 1.29 is 18.0 Å². The first-order valence-corrected chi connectivity index (χ1v) is 12.2. The Morgan fingerprint density at radius 2 is 1.61 bits per heavy atom. The number of nitrogen functional groups attached to an aromatic ring is 1. The molecule has 0 aliphatic carbocycles. The molecule has 0 atom stereocenters. The number of para-hydroxylation sites is 2. The smallest absolute Gasteiger partial charge is 0.285 e. The van der Waals surface area contributed by atoms with Gasteiger partial charge in [0.05, 0.1) is 16.8 Å². The molecule has 0 saturated heterocycles. The van der Waals surface area contributed by atoms with Crippen LogP contribution in [0.1, 0.15) is 26.3 Å². The lowest BCUT2D eigenvalue weighted by Crippen LogP contribution is -2.31. The number of amides is 2. The molecule has 4 N–H and O–H groups in total. The number of halogens is 1. The number of nitrogens with zero attached hydrogens (tertiary/aromatic N) is 1. The minimum Gasteiger partial charge on any atom is -0.398 e. The monoisotopic (exact) mass is 500 g/mol. The summed E-state index contributed by atoms with van der Waals surface area (Å²) in [4.78, 5) is 26.0. The first-order valence-electron chi connectivity index (χ1n) is 9.55. The largest absolute Gasteiger partial charge is 0.398 e. The van der Waals surface area contributed by atoms with Crippen LogP contribution in [0.25, 0.3) is 0 Å². The van der Waals surface area contributed by atoms with Crippen molar-refractivity contribution in [3.05, 3.63) is 82.4 Å². The Labute approximate surface area is 199 Å². The van der Waals surface area contributed by atoms with Crippen LogP contribution in [-0.2, 0) is 10.0 Å². The van der Waals surface area contributed by atoms with Gasteiger partial charge in [-0.15, -0.1) is 4.40 Å². The van der Waals surface area contributed by atoms with E-state index in [1.165, 1.54) is 18.2 Å². The predicted molar refractivity (Wildman–Crippen MR) is 129 cm³/mol. The molecule has 0 spiro atoms. The van der Waals surface area contributed by atoms with Gasteiger partial charge in [0.25, 0.3) is 21.8 Å². The summed E-state index contributed by atoms with van der Waals surface area (Å²) in [5.41, 5.74) is 7.36. The van der Waals surface area contributed by atoms with E-state index in [1.807, 2.05) is 0 Å². The Morgan fingerprint density at radius 1 is 0.970 bits per heavy atom. The van der Waals surface area contributed by atoms with Crippen molar-refractivity contribution in [3.8, 4) is 0 Å². The second-order valence-corrected chi connectivity index (χ2v) is 10.1. The first-order chi connectivity index (χ1) is 15.7. The number of nitrogens with one attached hydrogen (secondary N) is 2. The normalized spacial score (nSPS) is 14.1. The van der Waals surface area contributed by atoms with Crippen LogP contribution in [-0.4, -0.2) is 25.4 Å². The molecule has 0 radical (unpaired) electrons. The Kier molecular flexibility index (Phi) is 6.15. The number of nitrogens with two attached hydrogens (primary N) is 1.